The van der Waals surface area contributed by atoms with Gasteiger partial charge in [0.15, 0.2) is 0 Å². The molecule has 0 aromatic carbocycles. The number of hydrogen-bond acceptors (Lipinski definition) is 3. The smallest absolute Gasteiger partial charge is 0.351 e. The minimum Gasteiger partial charge on any atom is -0.351 e. The molecule has 0 saturated carbocycles. The summed E-state index contributed by atoms with van der Waals surface area (Å²) in [6, 6.07) is 3.44. The maximum atomic E-state index is 12.4. The van der Waals surface area contributed by atoms with Gasteiger partial charge in [0.25, 0.3) is 0 Å². The molecule has 0 aliphatic heterocycles. The van der Waals surface area contributed by atoms with Gasteiger partial charge in [-0.25, -0.2) is 4.98 Å². The molecule has 0 spiro atoms. The topological polar surface area (TPSA) is 42.1 Å². The van der Waals surface area contributed by atoms with E-state index in [1.54, 1.807) is 6.07 Å². The Bertz CT molecular complexity index is 436. The van der Waals surface area contributed by atoms with E-state index < -0.39 is 12.7 Å². The third kappa shape index (κ3) is 4.70. The van der Waals surface area contributed by atoms with Crippen molar-refractivity contribution in [1.82, 2.24) is 4.98 Å². The summed E-state index contributed by atoms with van der Waals surface area (Å²) in [6.07, 6.45) is -4.25. The van der Waals surface area contributed by atoms with E-state index in [1.807, 2.05) is 26.8 Å². The van der Waals surface area contributed by atoms with Crippen LogP contribution in [-0.2, 0) is 12.0 Å². The lowest BCUT2D eigenvalue weighted by molar-refractivity contribution is -0.119. The Morgan fingerprint density at radius 2 is 1.79 bits per heavy atom. The van der Waals surface area contributed by atoms with Crippen LogP contribution in [0.2, 0.25) is 0 Å². The zero-order valence-electron chi connectivity index (χ0n) is 11.7. The summed E-state index contributed by atoms with van der Waals surface area (Å²) in [6.45, 7) is 5.13. The summed E-state index contributed by atoms with van der Waals surface area (Å²) in [5.74, 6) is 0.296. The quantitative estimate of drug-likeness (QED) is 0.922. The maximum absolute atomic E-state index is 12.4. The third-order valence-corrected chi connectivity index (χ3v) is 2.68. The minimum atomic E-state index is -4.25. The SMILES string of the molecule is CN(CC(F)(F)F)c1cc(CN)cc(C(C)(C)C)n1. The fourth-order valence-electron chi connectivity index (χ4n) is 1.62. The maximum Gasteiger partial charge on any atom is 0.405 e. The number of hydrogen-bond donors (Lipinski definition) is 1. The van der Waals surface area contributed by atoms with Crippen LogP contribution in [0.3, 0.4) is 0 Å². The Balaban J connectivity index is 3.13. The van der Waals surface area contributed by atoms with Crippen molar-refractivity contribution >= 4 is 5.82 Å². The molecule has 6 heteroatoms. The van der Waals surface area contributed by atoms with Crippen LogP contribution in [0.5, 0.6) is 0 Å². The van der Waals surface area contributed by atoms with Crippen LogP contribution in [0.25, 0.3) is 0 Å². The van der Waals surface area contributed by atoms with E-state index in [4.69, 9.17) is 5.73 Å². The number of halogens is 3. The molecule has 0 atom stereocenters. The van der Waals surface area contributed by atoms with Gasteiger partial charge in [-0.1, -0.05) is 20.8 Å². The second-order valence-electron chi connectivity index (χ2n) is 5.64. The predicted molar refractivity (Wildman–Crippen MR) is 70.2 cm³/mol. The van der Waals surface area contributed by atoms with Crippen LogP contribution >= 0.6 is 0 Å². The monoisotopic (exact) mass is 275 g/mol. The summed E-state index contributed by atoms with van der Waals surface area (Å²) >= 11 is 0. The summed E-state index contributed by atoms with van der Waals surface area (Å²) in [5, 5.41) is 0. The highest BCUT2D eigenvalue weighted by molar-refractivity contribution is 5.43. The van der Waals surface area contributed by atoms with Crippen LogP contribution in [-0.4, -0.2) is 24.8 Å². The Morgan fingerprint density at radius 1 is 1.21 bits per heavy atom. The summed E-state index contributed by atoms with van der Waals surface area (Å²) in [4.78, 5) is 5.40. The zero-order chi connectivity index (χ0) is 14.8. The molecule has 0 amide bonds. The minimum absolute atomic E-state index is 0.237. The Labute approximate surface area is 111 Å². The van der Waals surface area contributed by atoms with Crippen molar-refractivity contribution in [2.24, 2.45) is 5.73 Å². The molecule has 1 rings (SSSR count). The van der Waals surface area contributed by atoms with Gasteiger partial charge in [-0.05, 0) is 17.7 Å². The van der Waals surface area contributed by atoms with Crippen molar-refractivity contribution in [2.45, 2.75) is 38.9 Å². The van der Waals surface area contributed by atoms with Gasteiger partial charge >= 0.3 is 6.18 Å². The molecule has 0 bridgehead atoms. The normalized spacial score (nSPS) is 12.6. The molecule has 3 nitrogen and oxygen atoms in total. The van der Waals surface area contributed by atoms with E-state index in [0.717, 1.165) is 16.2 Å². The van der Waals surface area contributed by atoms with Gasteiger partial charge in [-0.3, -0.25) is 0 Å². The first-order chi connectivity index (χ1) is 8.53. The van der Waals surface area contributed by atoms with Crippen molar-refractivity contribution in [2.75, 3.05) is 18.5 Å². The predicted octanol–water partition coefficient (Wildman–Crippen LogP) is 2.84. The van der Waals surface area contributed by atoms with Gasteiger partial charge < -0.3 is 10.6 Å². The Morgan fingerprint density at radius 3 is 2.21 bits per heavy atom. The fourth-order valence-corrected chi connectivity index (χ4v) is 1.62. The van der Waals surface area contributed by atoms with Crippen molar-refractivity contribution in [3.05, 3.63) is 23.4 Å². The third-order valence-electron chi connectivity index (χ3n) is 2.68. The van der Waals surface area contributed by atoms with E-state index in [1.165, 1.54) is 7.05 Å². The van der Waals surface area contributed by atoms with E-state index in [9.17, 15) is 13.2 Å². The first-order valence-corrected chi connectivity index (χ1v) is 6.02. The summed E-state index contributed by atoms with van der Waals surface area (Å²) < 4.78 is 37.2. The summed E-state index contributed by atoms with van der Waals surface area (Å²) in [7, 11) is 1.38. The van der Waals surface area contributed by atoms with Crippen LogP contribution in [0.15, 0.2) is 12.1 Å². The molecule has 0 saturated heterocycles. The molecule has 0 aliphatic carbocycles. The highest BCUT2D eigenvalue weighted by Gasteiger charge is 2.30. The molecule has 19 heavy (non-hydrogen) atoms. The first-order valence-electron chi connectivity index (χ1n) is 6.02. The van der Waals surface area contributed by atoms with Gasteiger partial charge in [-0.2, -0.15) is 13.2 Å². The second-order valence-corrected chi connectivity index (χ2v) is 5.64. The number of nitrogens with two attached hydrogens (primary N) is 1. The number of nitrogens with zero attached hydrogens (tertiary/aromatic N) is 2. The lowest BCUT2D eigenvalue weighted by Crippen LogP contribution is -2.32. The average Bonchev–Trinajstić information content (AvgIpc) is 2.25. The van der Waals surface area contributed by atoms with Crippen molar-refractivity contribution < 1.29 is 13.2 Å². The lowest BCUT2D eigenvalue weighted by atomic mass is 9.90. The van der Waals surface area contributed by atoms with E-state index >= 15 is 0 Å². The largest absolute Gasteiger partial charge is 0.405 e. The Hall–Kier alpha value is -1.30. The lowest BCUT2D eigenvalue weighted by Gasteiger charge is -2.24. The van der Waals surface area contributed by atoms with Gasteiger partial charge in [-0.15, -0.1) is 0 Å². The molecule has 1 aromatic heterocycles. The van der Waals surface area contributed by atoms with Gasteiger partial charge in [0.05, 0.1) is 0 Å². The molecule has 2 N–H and O–H groups in total. The molecule has 108 valence electrons. The van der Waals surface area contributed by atoms with E-state index in [2.05, 4.69) is 4.98 Å². The van der Waals surface area contributed by atoms with Gasteiger partial charge in [0, 0.05) is 24.7 Å². The van der Waals surface area contributed by atoms with Crippen molar-refractivity contribution in [1.29, 1.82) is 0 Å². The second kappa shape index (κ2) is 5.36. The first kappa shape index (κ1) is 15.8. The van der Waals surface area contributed by atoms with Crippen LogP contribution in [0, 0.1) is 0 Å². The molecule has 0 unspecified atom stereocenters. The standard InChI is InChI=1S/C13H20F3N3/c1-12(2,3)10-5-9(7-17)6-11(18-10)19(4)8-13(14,15)16/h5-6H,7-8,17H2,1-4H3. The number of alkyl halides is 3. The average molecular weight is 275 g/mol. The Kier molecular flexibility index (Phi) is 4.45. The molecule has 1 aromatic rings. The van der Waals surface area contributed by atoms with Gasteiger partial charge in [0.2, 0.25) is 0 Å². The molecule has 0 fully saturated rings. The molecule has 0 radical (unpaired) electrons. The van der Waals surface area contributed by atoms with Gasteiger partial charge in [0.1, 0.15) is 12.4 Å². The molecular weight excluding hydrogens is 255 g/mol. The number of anilines is 1. The van der Waals surface area contributed by atoms with E-state index in [0.29, 0.717) is 5.82 Å². The van der Waals surface area contributed by atoms with Crippen LogP contribution < -0.4 is 10.6 Å². The number of rotatable bonds is 3. The number of aromatic nitrogens is 1. The van der Waals surface area contributed by atoms with Crippen LogP contribution in [0.4, 0.5) is 19.0 Å². The molecule has 0 aliphatic rings. The van der Waals surface area contributed by atoms with Crippen molar-refractivity contribution in [3.8, 4) is 0 Å². The fraction of sp³-hybridized carbons (Fsp3) is 0.615. The molecular formula is C13H20F3N3. The van der Waals surface area contributed by atoms with Crippen molar-refractivity contribution in [3.63, 3.8) is 0 Å². The zero-order valence-corrected chi connectivity index (χ0v) is 11.7. The van der Waals surface area contributed by atoms with Crippen LogP contribution in [0.1, 0.15) is 32.0 Å². The highest BCUT2D eigenvalue weighted by atomic mass is 19.4. The number of pyridine rings is 1. The molecule has 1 heterocycles. The summed E-state index contributed by atoms with van der Waals surface area (Å²) in [5.41, 5.74) is 6.87. The van der Waals surface area contributed by atoms with E-state index in [-0.39, 0.29) is 12.0 Å². The highest BCUT2D eigenvalue weighted by Crippen LogP contribution is 2.26.